The Morgan fingerprint density at radius 1 is 1.40 bits per heavy atom. The number of thiazole rings is 1. The van der Waals surface area contributed by atoms with Crippen LogP contribution in [0, 0.1) is 24.0 Å². The molecule has 0 radical (unpaired) electrons. The molecule has 0 atom stereocenters. The predicted octanol–water partition coefficient (Wildman–Crippen LogP) is 1.89. The average molecular weight is 479 g/mol. The lowest BCUT2D eigenvalue weighted by Gasteiger charge is -2.11. The summed E-state index contributed by atoms with van der Waals surface area (Å²) in [5.41, 5.74) is 1.08. The molecule has 2 N–H and O–H groups in total. The van der Waals surface area contributed by atoms with Crippen LogP contribution >= 0.6 is 35.3 Å². The summed E-state index contributed by atoms with van der Waals surface area (Å²) in [5, 5.41) is 22.0. The van der Waals surface area contributed by atoms with Gasteiger partial charge in [0.2, 0.25) is 0 Å². The first-order chi connectivity index (χ1) is 11.5. The van der Waals surface area contributed by atoms with Gasteiger partial charge >= 0.3 is 5.69 Å². The number of guanidine groups is 1. The highest BCUT2D eigenvalue weighted by Crippen LogP contribution is 2.16. The molecule has 0 aliphatic rings. The van der Waals surface area contributed by atoms with Crippen molar-refractivity contribution in [2.45, 2.75) is 26.8 Å². The Morgan fingerprint density at radius 3 is 2.68 bits per heavy atom. The van der Waals surface area contributed by atoms with Crippen LogP contribution in [0.25, 0.3) is 0 Å². The smallest absolute Gasteiger partial charge is 0.306 e. The van der Waals surface area contributed by atoms with Crippen LogP contribution in [0.1, 0.15) is 15.6 Å². The highest BCUT2D eigenvalue weighted by Gasteiger charge is 2.08. The van der Waals surface area contributed by atoms with Crippen molar-refractivity contribution in [2.75, 3.05) is 20.1 Å². The maximum absolute atomic E-state index is 10.6. The van der Waals surface area contributed by atoms with Gasteiger partial charge in [0.05, 0.1) is 22.2 Å². The predicted molar refractivity (Wildman–Crippen MR) is 109 cm³/mol. The Hall–Kier alpha value is -1.76. The molecule has 2 aromatic rings. The molecule has 9 nitrogen and oxygen atoms in total. The summed E-state index contributed by atoms with van der Waals surface area (Å²) in [6.07, 6.45) is 3.49. The normalized spacial score (nSPS) is 11.1. The third-order valence-corrected chi connectivity index (χ3v) is 4.52. The van der Waals surface area contributed by atoms with Gasteiger partial charge in [0.1, 0.15) is 12.4 Å². The van der Waals surface area contributed by atoms with Gasteiger partial charge in [0.15, 0.2) is 5.96 Å². The molecular weight excluding hydrogens is 457 g/mol. The largest absolute Gasteiger partial charge is 0.356 e. The van der Waals surface area contributed by atoms with E-state index in [0.717, 1.165) is 23.7 Å². The van der Waals surface area contributed by atoms with Gasteiger partial charge in [0, 0.05) is 31.4 Å². The lowest BCUT2D eigenvalue weighted by Crippen LogP contribution is -2.39. The van der Waals surface area contributed by atoms with Crippen LogP contribution < -0.4 is 10.6 Å². The van der Waals surface area contributed by atoms with Crippen molar-refractivity contribution in [3.8, 4) is 0 Å². The van der Waals surface area contributed by atoms with Crippen LogP contribution in [0.2, 0.25) is 0 Å². The molecule has 0 saturated carbocycles. The summed E-state index contributed by atoms with van der Waals surface area (Å²) in [6, 6.07) is 0. The zero-order valence-electron chi connectivity index (χ0n) is 14.4. The van der Waals surface area contributed by atoms with Gasteiger partial charge in [0.25, 0.3) is 0 Å². The van der Waals surface area contributed by atoms with E-state index in [1.807, 2.05) is 6.92 Å². The quantitative estimate of drug-likeness (QED) is 0.206. The van der Waals surface area contributed by atoms with E-state index in [-0.39, 0.29) is 29.7 Å². The zero-order chi connectivity index (χ0) is 17.5. The van der Waals surface area contributed by atoms with E-state index >= 15 is 0 Å². The van der Waals surface area contributed by atoms with Crippen LogP contribution in [0.3, 0.4) is 0 Å². The van der Waals surface area contributed by atoms with Crippen molar-refractivity contribution in [1.29, 1.82) is 0 Å². The molecule has 0 aliphatic carbocycles. The third-order valence-electron chi connectivity index (χ3n) is 3.39. The van der Waals surface area contributed by atoms with Crippen LogP contribution in [0.5, 0.6) is 0 Å². The molecule has 0 fully saturated rings. The molecule has 138 valence electrons. The van der Waals surface area contributed by atoms with Gasteiger partial charge in [-0.25, -0.2) is 4.98 Å². The van der Waals surface area contributed by atoms with Crippen molar-refractivity contribution >= 4 is 47.0 Å². The number of nitrogens with one attached hydrogen (secondary N) is 2. The first kappa shape index (κ1) is 21.3. The fourth-order valence-electron chi connectivity index (χ4n) is 2.01. The standard InChI is InChI=1S/C14H21N7O2S.HI/c1-10-11(2)24-13(19-10)4-5-16-14(15-3)17-6-7-20-9-12(8-18-20)21(22)23;/h8-9H,4-7H2,1-3H3,(H2,15,16,17);1H. The van der Waals surface area contributed by atoms with E-state index in [2.05, 4.69) is 32.6 Å². The van der Waals surface area contributed by atoms with Crippen molar-refractivity contribution in [2.24, 2.45) is 4.99 Å². The average Bonchev–Trinajstić information content (AvgIpc) is 3.13. The first-order valence-electron chi connectivity index (χ1n) is 7.54. The molecule has 0 bridgehead atoms. The maximum atomic E-state index is 10.6. The molecule has 0 amide bonds. The fraction of sp³-hybridized carbons (Fsp3) is 0.500. The van der Waals surface area contributed by atoms with Crippen molar-refractivity contribution in [3.63, 3.8) is 0 Å². The molecule has 0 aromatic carbocycles. The SMILES string of the molecule is CN=C(NCCc1nc(C)c(C)s1)NCCn1cc([N+](=O)[O-])cn1.I. The Bertz CT molecular complexity index is 709. The van der Waals surface area contributed by atoms with Gasteiger partial charge < -0.3 is 10.6 Å². The van der Waals surface area contributed by atoms with E-state index in [0.29, 0.717) is 19.0 Å². The summed E-state index contributed by atoms with van der Waals surface area (Å²) in [4.78, 5) is 20.0. The van der Waals surface area contributed by atoms with Crippen LogP contribution in [-0.2, 0) is 13.0 Å². The second kappa shape index (κ2) is 10.3. The number of nitrogens with zero attached hydrogens (tertiary/aromatic N) is 5. The molecule has 0 saturated heterocycles. The summed E-state index contributed by atoms with van der Waals surface area (Å²) in [7, 11) is 1.70. The Kier molecular flexibility index (Phi) is 8.75. The highest BCUT2D eigenvalue weighted by atomic mass is 127. The Balaban J connectivity index is 0.00000312. The third kappa shape index (κ3) is 6.57. The minimum absolute atomic E-state index is 0. The number of rotatable bonds is 7. The minimum atomic E-state index is -0.459. The van der Waals surface area contributed by atoms with Gasteiger partial charge in [-0.05, 0) is 13.8 Å². The second-order valence-electron chi connectivity index (χ2n) is 5.14. The lowest BCUT2D eigenvalue weighted by molar-refractivity contribution is -0.385. The number of hydrogen-bond donors (Lipinski definition) is 2. The van der Waals surface area contributed by atoms with Crippen LogP contribution in [-0.4, -0.2) is 45.8 Å². The zero-order valence-corrected chi connectivity index (χ0v) is 17.5. The Labute approximate surface area is 167 Å². The van der Waals surface area contributed by atoms with E-state index in [1.54, 1.807) is 18.4 Å². The molecule has 2 heterocycles. The molecule has 25 heavy (non-hydrogen) atoms. The molecule has 0 unspecified atom stereocenters. The number of aliphatic imine (C=N–C) groups is 1. The number of aromatic nitrogens is 3. The molecule has 11 heteroatoms. The fourth-order valence-corrected chi connectivity index (χ4v) is 2.95. The minimum Gasteiger partial charge on any atom is -0.356 e. The second-order valence-corrected chi connectivity index (χ2v) is 6.43. The molecule has 0 aliphatic heterocycles. The molecular formula is C14H22IN7O2S. The van der Waals surface area contributed by atoms with E-state index < -0.39 is 4.92 Å². The summed E-state index contributed by atoms with van der Waals surface area (Å²) >= 11 is 1.72. The summed E-state index contributed by atoms with van der Waals surface area (Å²) < 4.78 is 1.53. The van der Waals surface area contributed by atoms with Crippen molar-refractivity contribution in [3.05, 3.63) is 38.1 Å². The van der Waals surface area contributed by atoms with Crippen molar-refractivity contribution < 1.29 is 4.92 Å². The topological polar surface area (TPSA) is 110 Å². The van der Waals surface area contributed by atoms with Crippen LogP contribution in [0.15, 0.2) is 17.4 Å². The lowest BCUT2D eigenvalue weighted by atomic mass is 10.4. The van der Waals surface area contributed by atoms with Crippen LogP contribution in [0.4, 0.5) is 5.69 Å². The van der Waals surface area contributed by atoms with Gasteiger partial charge in [-0.2, -0.15) is 5.10 Å². The molecule has 2 aromatic heterocycles. The van der Waals surface area contributed by atoms with Gasteiger partial charge in [-0.1, -0.05) is 0 Å². The van der Waals surface area contributed by atoms with E-state index in [9.17, 15) is 10.1 Å². The molecule has 0 spiro atoms. The Morgan fingerprint density at radius 2 is 2.12 bits per heavy atom. The highest BCUT2D eigenvalue weighted by molar-refractivity contribution is 14.0. The van der Waals surface area contributed by atoms with Gasteiger partial charge in [-0.15, -0.1) is 35.3 Å². The number of nitro groups is 1. The van der Waals surface area contributed by atoms with E-state index in [4.69, 9.17) is 0 Å². The maximum Gasteiger partial charge on any atom is 0.306 e. The molecule has 2 rings (SSSR count). The van der Waals surface area contributed by atoms with E-state index in [1.165, 1.54) is 22.0 Å². The first-order valence-corrected chi connectivity index (χ1v) is 8.35. The van der Waals surface area contributed by atoms with Gasteiger partial charge in [-0.3, -0.25) is 19.8 Å². The summed E-state index contributed by atoms with van der Waals surface area (Å²) in [5.74, 6) is 0.682. The van der Waals surface area contributed by atoms with Crippen molar-refractivity contribution in [1.82, 2.24) is 25.4 Å². The number of aryl methyl sites for hydroxylation is 2. The number of halogens is 1. The monoisotopic (exact) mass is 479 g/mol. The summed E-state index contributed by atoms with van der Waals surface area (Å²) in [6.45, 7) is 5.90. The number of hydrogen-bond acceptors (Lipinski definition) is 6.